The van der Waals surface area contributed by atoms with Gasteiger partial charge in [-0.05, 0) is 60.8 Å². The van der Waals surface area contributed by atoms with Crippen LogP contribution in [0.1, 0.15) is 66.5 Å². The molecular weight excluding hydrogens is 407 g/mol. The van der Waals surface area contributed by atoms with Crippen LogP contribution in [0.25, 0.3) is 0 Å². The molecule has 3 fully saturated rings. The van der Waals surface area contributed by atoms with E-state index < -0.39 is 5.82 Å². The molecule has 1 aromatic heterocycles. The lowest BCUT2D eigenvalue weighted by Gasteiger charge is -2.39. The van der Waals surface area contributed by atoms with E-state index in [-0.39, 0.29) is 11.8 Å². The molecule has 4 unspecified atom stereocenters. The summed E-state index contributed by atoms with van der Waals surface area (Å²) in [5.74, 6) is 1.09. The topological polar surface area (TPSA) is 88.2 Å². The van der Waals surface area contributed by atoms with E-state index in [9.17, 15) is 9.50 Å². The quantitative estimate of drug-likeness (QED) is 0.501. The number of hydrogen-bond donors (Lipinski definition) is 5. The van der Waals surface area contributed by atoms with E-state index in [1.54, 1.807) is 12.1 Å². The number of hydrazine groups is 1. The number of phenolic OH excluding ortho intramolecular Hbond substituents is 1. The highest BCUT2D eigenvalue weighted by Gasteiger charge is 2.43. The summed E-state index contributed by atoms with van der Waals surface area (Å²) in [4.78, 5) is 11.2. The molecule has 4 atom stereocenters. The molecule has 3 aliphatic heterocycles. The summed E-state index contributed by atoms with van der Waals surface area (Å²) >= 11 is 0. The van der Waals surface area contributed by atoms with E-state index >= 15 is 0 Å². The number of halogens is 1. The highest BCUT2D eigenvalue weighted by Crippen LogP contribution is 2.44. The molecule has 2 saturated heterocycles. The number of benzene rings is 1. The second kappa shape index (κ2) is 8.09. The Hall–Kier alpha value is -2.00. The van der Waals surface area contributed by atoms with Gasteiger partial charge in [-0.15, -0.1) is 0 Å². The van der Waals surface area contributed by atoms with E-state index in [4.69, 9.17) is 4.98 Å². The number of aromatic nitrogens is 2. The number of aromatic amines is 1. The van der Waals surface area contributed by atoms with Crippen molar-refractivity contribution in [1.29, 1.82) is 0 Å². The summed E-state index contributed by atoms with van der Waals surface area (Å²) in [5.41, 5.74) is 11.7. The third kappa shape index (κ3) is 3.44. The Balaban J connectivity index is 1.17. The zero-order valence-corrected chi connectivity index (χ0v) is 18.6. The number of imidazole rings is 1. The van der Waals surface area contributed by atoms with Crippen LogP contribution in [0.5, 0.6) is 5.75 Å². The Kier molecular flexibility index (Phi) is 5.21. The lowest BCUT2D eigenvalue weighted by molar-refractivity contribution is 0.129. The SMILES string of the molecule is CCc1cc(O)c(F)cc1C1CCC2C(C1)NNC2c1nc2c([nH]1)CN(C1CNC1)CC2. The van der Waals surface area contributed by atoms with E-state index in [1.807, 2.05) is 0 Å². The molecular formula is C24H33FN6O. The van der Waals surface area contributed by atoms with Gasteiger partial charge >= 0.3 is 0 Å². The monoisotopic (exact) mass is 440 g/mol. The van der Waals surface area contributed by atoms with Crippen molar-refractivity contribution in [2.75, 3.05) is 19.6 Å². The molecule has 172 valence electrons. The molecule has 4 aliphatic rings. The van der Waals surface area contributed by atoms with Crippen LogP contribution in [-0.4, -0.2) is 51.7 Å². The van der Waals surface area contributed by atoms with Crippen LogP contribution in [0.2, 0.25) is 0 Å². The van der Waals surface area contributed by atoms with E-state index in [0.29, 0.717) is 23.9 Å². The molecule has 2 aromatic rings. The van der Waals surface area contributed by atoms with Crippen molar-refractivity contribution in [3.63, 3.8) is 0 Å². The first kappa shape index (κ1) is 20.6. The van der Waals surface area contributed by atoms with Crippen molar-refractivity contribution in [3.05, 3.63) is 46.3 Å². The fraction of sp³-hybridized carbons (Fsp3) is 0.625. The maximum atomic E-state index is 14.1. The summed E-state index contributed by atoms with van der Waals surface area (Å²) in [6, 6.07) is 4.35. The Labute approximate surface area is 188 Å². The lowest BCUT2D eigenvalue weighted by atomic mass is 9.73. The van der Waals surface area contributed by atoms with Gasteiger partial charge in [0, 0.05) is 44.7 Å². The summed E-state index contributed by atoms with van der Waals surface area (Å²) in [6.07, 6.45) is 4.88. The second-order valence-corrected chi connectivity index (χ2v) is 9.98. The predicted molar refractivity (Wildman–Crippen MR) is 120 cm³/mol. The predicted octanol–water partition coefficient (Wildman–Crippen LogP) is 2.25. The van der Waals surface area contributed by atoms with Gasteiger partial charge in [0.25, 0.3) is 0 Å². The Bertz CT molecular complexity index is 1000. The van der Waals surface area contributed by atoms with Gasteiger partial charge < -0.3 is 15.4 Å². The van der Waals surface area contributed by atoms with Gasteiger partial charge in [0.15, 0.2) is 11.6 Å². The molecule has 1 saturated carbocycles. The Morgan fingerprint density at radius 3 is 2.88 bits per heavy atom. The number of nitrogens with one attached hydrogen (secondary N) is 4. The molecule has 8 heteroatoms. The molecule has 0 amide bonds. The van der Waals surface area contributed by atoms with Gasteiger partial charge in [-0.1, -0.05) is 6.92 Å². The smallest absolute Gasteiger partial charge is 0.165 e. The van der Waals surface area contributed by atoms with Crippen LogP contribution >= 0.6 is 0 Å². The first-order valence-corrected chi connectivity index (χ1v) is 12.2. The number of aryl methyl sites for hydroxylation is 1. The lowest BCUT2D eigenvalue weighted by Crippen LogP contribution is -2.58. The molecule has 0 spiro atoms. The third-order valence-corrected chi connectivity index (χ3v) is 8.24. The molecule has 1 aromatic carbocycles. The van der Waals surface area contributed by atoms with Crippen LogP contribution in [0.4, 0.5) is 4.39 Å². The van der Waals surface area contributed by atoms with Crippen LogP contribution in [-0.2, 0) is 19.4 Å². The first-order chi connectivity index (χ1) is 15.6. The van der Waals surface area contributed by atoms with Gasteiger partial charge in [0.05, 0.1) is 17.4 Å². The molecule has 0 bridgehead atoms. The normalized spacial score (nSPS) is 30.7. The van der Waals surface area contributed by atoms with Crippen molar-refractivity contribution in [3.8, 4) is 5.75 Å². The largest absolute Gasteiger partial charge is 0.505 e. The zero-order valence-electron chi connectivity index (χ0n) is 18.6. The molecule has 5 N–H and O–H groups in total. The molecule has 4 heterocycles. The van der Waals surface area contributed by atoms with Gasteiger partial charge in [0.2, 0.25) is 0 Å². The molecule has 0 radical (unpaired) electrons. The van der Waals surface area contributed by atoms with Crippen LogP contribution in [0.3, 0.4) is 0 Å². The second-order valence-electron chi connectivity index (χ2n) is 9.98. The molecule has 6 rings (SSSR count). The van der Waals surface area contributed by atoms with Gasteiger partial charge in [-0.25, -0.2) is 14.8 Å². The number of nitrogens with zero attached hydrogens (tertiary/aromatic N) is 2. The molecule has 32 heavy (non-hydrogen) atoms. The maximum absolute atomic E-state index is 14.1. The van der Waals surface area contributed by atoms with Crippen LogP contribution < -0.4 is 16.2 Å². The Morgan fingerprint density at radius 1 is 1.22 bits per heavy atom. The van der Waals surface area contributed by atoms with Crippen LogP contribution in [0, 0.1) is 11.7 Å². The average Bonchev–Trinajstić information content (AvgIpc) is 3.37. The number of fused-ring (bicyclic) bond motifs is 2. The summed E-state index contributed by atoms with van der Waals surface area (Å²) in [7, 11) is 0. The molecule has 7 nitrogen and oxygen atoms in total. The highest BCUT2D eigenvalue weighted by molar-refractivity contribution is 5.39. The van der Waals surface area contributed by atoms with Crippen molar-refractivity contribution in [1.82, 2.24) is 31.0 Å². The summed E-state index contributed by atoms with van der Waals surface area (Å²) in [6.45, 7) is 6.32. The Morgan fingerprint density at radius 2 is 2.09 bits per heavy atom. The third-order valence-electron chi connectivity index (χ3n) is 8.24. The fourth-order valence-corrected chi connectivity index (χ4v) is 6.25. The van der Waals surface area contributed by atoms with E-state index in [1.165, 1.54) is 11.4 Å². The van der Waals surface area contributed by atoms with Gasteiger partial charge in [-0.3, -0.25) is 10.3 Å². The van der Waals surface area contributed by atoms with Gasteiger partial charge in [0.1, 0.15) is 5.82 Å². The van der Waals surface area contributed by atoms with Crippen molar-refractivity contribution in [2.45, 2.75) is 69.6 Å². The minimum atomic E-state index is -0.511. The fourth-order valence-electron chi connectivity index (χ4n) is 6.25. The van der Waals surface area contributed by atoms with Crippen molar-refractivity contribution >= 4 is 0 Å². The number of hydrogen-bond acceptors (Lipinski definition) is 6. The maximum Gasteiger partial charge on any atom is 0.165 e. The number of phenols is 1. The summed E-state index contributed by atoms with van der Waals surface area (Å²) < 4.78 is 14.1. The highest BCUT2D eigenvalue weighted by atomic mass is 19.1. The summed E-state index contributed by atoms with van der Waals surface area (Å²) in [5, 5.41) is 13.2. The van der Waals surface area contributed by atoms with Crippen molar-refractivity contribution in [2.24, 2.45) is 5.92 Å². The number of rotatable bonds is 4. The van der Waals surface area contributed by atoms with Crippen molar-refractivity contribution < 1.29 is 9.50 Å². The van der Waals surface area contributed by atoms with E-state index in [2.05, 4.69) is 33.0 Å². The average molecular weight is 441 g/mol. The van der Waals surface area contributed by atoms with Crippen LogP contribution in [0.15, 0.2) is 12.1 Å². The number of H-pyrrole nitrogens is 1. The van der Waals surface area contributed by atoms with E-state index in [0.717, 1.165) is 75.2 Å². The zero-order chi connectivity index (χ0) is 21.8. The standard InChI is InChI=1S/C24H33FN6O/c1-2-13-8-22(32)18(25)9-17(13)14-3-4-16-20(7-14)29-30-23(16)24-27-19-5-6-31(12-21(19)28-24)15-10-26-11-15/h8-9,14-16,20,23,26,29-30,32H,2-7,10-12H2,1H3,(H,27,28). The number of aromatic hydroxyl groups is 1. The first-order valence-electron chi connectivity index (χ1n) is 12.2. The molecule has 1 aliphatic carbocycles. The minimum Gasteiger partial charge on any atom is -0.505 e. The minimum absolute atomic E-state index is 0.188. The van der Waals surface area contributed by atoms with Gasteiger partial charge in [-0.2, -0.15) is 0 Å².